The van der Waals surface area contributed by atoms with E-state index in [1.54, 1.807) is 0 Å². The Balaban J connectivity index is 1.91. The minimum atomic E-state index is -0.507. The molecule has 2 N–H and O–H groups in total. The molecule has 1 amide bonds. The molecule has 6 heteroatoms. The van der Waals surface area contributed by atoms with Gasteiger partial charge in [0.2, 0.25) is 0 Å². The second-order valence-electron chi connectivity index (χ2n) is 7.07. The monoisotopic (exact) mass is 385 g/mol. The van der Waals surface area contributed by atoms with E-state index in [-0.39, 0.29) is 0 Å². The number of anilines is 1. The smallest absolute Gasteiger partial charge is 0.407 e. The van der Waals surface area contributed by atoms with Crippen LogP contribution >= 0.6 is 12.2 Å². The Labute approximate surface area is 166 Å². The Morgan fingerprint density at radius 1 is 0.963 bits per heavy atom. The van der Waals surface area contributed by atoms with Gasteiger partial charge in [0.15, 0.2) is 5.11 Å². The van der Waals surface area contributed by atoms with E-state index in [0.717, 1.165) is 11.3 Å². The summed E-state index contributed by atoms with van der Waals surface area (Å²) < 4.78 is 5.22. The third-order valence-electron chi connectivity index (χ3n) is 3.57. The van der Waals surface area contributed by atoms with Crippen LogP contribution in [0.2, 0.25) is 0 Å². The molecule has 0 heterocycles. The summed E-state index contributed by atoms with van der Waals surface area (Å²) in [6.07, 6.45) is -0.431. The fourth-order valence-electron chi connectivity index (χ4n) is 2.40. The van der Waals surface area contributed by atoms with E-state index in [2.05, 4.69) is 22.8 Å². The van der Waals surface area contributed by atoms with Gasteiger partial charge in [0.1, 0.15) is 5.60 Å². The van der Waals surface area contributed by atoms with Crippen molar-refractivity contribution in [2.75, 3.05) is 18.0 Å². The van der Waals surface area contributed by atoms with Crippen LogP contribution in [0.5, 0.6) is 0 Å². The van der Waals surface area contributed by atoms with Crippen molar-refractivity contribution in [3.8, 4) is 0 Å². The SMILES string of the molecule is CC(C)(C)OC(=O)NCCNC(=S)N(Cc1ccccc1)c1ccccc1. The molecule has 0 aliphatic rings. The third-order valence-corrected chi connectivity index (χ3v) is 3.93. The van der Waals surface area contributed by atoms with Gasteiger partial charge in [-0.15, -0.1) is 0 Å². The predicted molar refractivity (Wildman–Crippen MR) is 114 cm³/mol. The molecule has 0 aliphatic heterocycles. The van der Waals surface area contributed by atoms with E-state index in [0.29, 0.717) is 24.7 Å². The Bertz CT molecular complexity index is 730. The highest BCUT2D eigenvalue weighted by Gasteiger charge is 2.16. The average molecular weight is 386 g/mol. The number of ether oxygens (including phenoxy) is 1. The fraction of sp³-hybridized carbons (Fsp3) is 0.333. The predicted octanol–water partition coefficient (Wildman–Crippen LogP) is 4.09. The number of nitrogens with zero attached hydrogens (tertiary/aromatic N) is 1. The Morgan fingerprint density at radius 2 is 1.52 bits per heavy atom. The van der Waals surface area contributed by atoms with Gasteiger partial charge in [0.25, 0.3) is 0 Å². The molecule has 0 saturated heterocycles. The number of carbonyl (C=O) groups is 1. The van der Waals surface area contributed by atoms with E-state index in [4.69, 9.17) is 17.0 Å². The molecule has 144 valence electrons. The number of rotatable bonds is 6. The molecule has 0 unspecified atom stereocenters. The normalized spacial score (nSPS) is 10.8. The minimum Gasteiger partial charge on any atom is -0.444 e. The maximum atomic E-state index is 11.7. The molecule has 0 fully saturated rings. The third kappa shape index (κ3) is 7.66. The zero-order valence-electron chi connectivity index (χ0n) is 16.1. The summed E-state index contributed by atoms with van der Waals surface area (Å²) in [7, 11) is 0. The molecule has 2 aromatic carbocycles. The maximum Gasteiger partial charge on any atom is 0.407 e. The van der Waals surface area contributed by atoms with Gasteiger partial charge >= 0.3 is 6.09 Å². The van der Waals surface area contributed by atoms with Crippen LogP contribution in [-0.2, 0) is 11.3 Å². The molecule has 0 aliphatic carbocycles. The molecule has 0 spiro atoms. The quantitative estimate of drug-likeness (QED) is 0.579. The Morgan fingerprint density at radius 3 is 2.11 bits per heavy atom. The fourth-order valence-corrected chi connectivity index (χ4v) is 2.67. The van der Waals surface area contributed by atoms with Crippen molar-refractivity contribution in [2.24, 2.45) is 0 Å². The summed E-state index contributed by atoms with van der Waals surface area (Å²) in [5, 5.41) is 6.54. The van der Waals surface area contributed by atoms with E-state index in [1.165, 1.54) is 0 Å². The van der Waals surface area contributed by atoms with Crippen molar-refractivity contribution >= 4 is 29.1 Å². The van der Waals surface area contributed by atoms with Gasteiger partial charge < -0.3 is 20.3 Å². The summed E-state index contributed by atoms with van der Waals surface area (Å²) in [5.74, 6) is 0. The lowest BCUT2D eigenvalue weighted by molar-refractivity contribution is 0.0529. The van der Waals surface area contributed by atoms with Crippen LogP contribution in [0.4, 0.5) is 10.5 Å². The van der Waals surface area contributed by atoms with E-state index in [1.807, 2.05) is 74.2 Å². The van der Waals surface area contributed by atoms with Crippen LogP contribution in [-0.4, -0.2) is 29.9 Å². The highest BCUT2D eigenvalue weighted by Crippen LogP contribution is 2.17. The lowest BCUT2D eigenvalue weighted by Crippen LogP contribution is -2.43. The number of hydrogen-bond donors (Lipinski definition) is 2. The molecule has 2 rings (SSSR count). The zero-order valence-corrected chi connectivity index (χ0v) is 16.9. The van der Waals surface area contributed by atoms with Gasteiger partial charge in [-0.1, -0.05) is 48.5 Å². The molecule has 0 atom stereocenters. The molecular formula is C21H27N3O2S. The molecule has 0 bridgehead atoms. The first-order valence-corrected chi connectivity index (χ1v) is 9.37. The van der Waals surface area contributed by atoms with Crippen LogP contribution < -0.4 is 15.5 Å². The molecule has 0 aromatic heterocycles. The van der Waals surface area contributed by atoms with Crippen molar-refractivity contribution in [3.63, 3.8) is 0 Å². The summed E-state index contributed by atoms with van der Waals surface area (Å²) in [4.78, 5) is 13.7. The van der Waals surface area contributed by atoms with Crippen molar-refractivity contribution in [2.45, 2.75) is 32.9 Å². The first-order chi connectivity index (χ1) is 12.8. The number of carbonyl (C=O) groups excluding carboxylic acids is 1. The van der Waals surface area contributed by atoms with Gasteiger partial charge in [-0.3, -0.25) is 0 Å². The molecule has 27 heavy (non-hydrogen) atoms. The summed E-state index contributed by atoms with van der Waals surface area (Å²) in [6, 6.07) is 20.2. The summed E-state index contributed by atoms with van der Waals surface area (Å²) in [5.41, 5.74) is 1.67. The van der Waals surface area contributed by atoms with Crippen LogP contribution in [0.25, 0.3) is 0 Å². The highest BCUT2D eigenvalue weighted by atomic mass is 32.1. The number of nitrogens with one attached hydrogen (secondary N) is 2. The standard InChI is InChI=1S/C21H27N3O2S/c1-21(2,3)26-20(25)23-15-14-22-19(27)24(18-12-8-5-9-13-18)16-17-10-6-4-7-11-17/h4-13H,14-16H2,1-3H3,(H,22,27)(H,23,25). The van der Waals surface area contributed by atoms with Crippen LogP contribution in [0.15, 0.2) is 60.7 Å². The zero-order chi connectivity index (χ0) is 19.7. The second kappa shape index (κ2) is 9.92. The largest absolute Gasteiger partial charge is 0.444 e. The number of alkyl carbamates (subject to hydrolysis) is 1. The van der Waals surface area contributed by atoms with Crippen molar-refractivity contribution in [1.29, 1.82) is 0 Å². The van der Waals surface area contributed by atoms with Crippen molar-refractivity contribution in [3.05, 3.63) is 66.2 Å². The lowest BCUT2D eigenvalue weighted by atomic mass is 10.2. The van der Waals surface area contributed by atoms with Gasteiger partial charge in [-0.25, -0.2) is 4.79 Å². The number of hydrogen-bond acceptors (Lipinski definition) is 3. The van der Waals surface area contributed by atoms with Crippen LogP contribution in [0.3, 0.4) is 0 Å². The molecule has 0 radical (unpaired) electrons. The van der Waals surface area contributed by atoms with Crippen molar-refractivity contribution in [1.82, 2.24) is 10.6 Å². The number of thiocarbonyl (C=S) groups is 1. The van der Waals surface area contributed by atoms with Gasteiger partial charge in [-0.05, 0) is 50.7 Å². The van der Waals surface area contributed by atoms with E-state index < -0.39 is 11.7 Å². The van der Waals surface area contributed by atoms with E-state index >= 15 is 0 Å². The van der Waals surface area contributed by atoms with Crippen LogP contribution in [0.1, 0.15) is 26.3 Å². The molecular weight excluding hydrogens is 358 g/mol. The molecule has 0 saturated carbocycles. The highest BCUT2D eigenvalue weighted by molar-refractivity contribution is 7.80. The van der Waals surface area contributed by atoms with Crippen molar-refractivity contribution < 1.29 is 9.53 Å². The Hall–Kier alpha value is -2.60. The lowest BCUT2D eigenvalue weighted by Gasteiger charge is -2.26. The summed E-state index contributed by atoms with van der Waals surface area (Å²) in [6.45, 7) is 7.10. The van der Waals surface area contributed by atoms with Gasteiger partial charge in [-0.2, -0.15) is 0 Å². The molecule has 5 nitrogen and oxygen atoms in total. The van der Waals surface area contributed by atoms with Crippen LogP contribution in [0, 0.1) is 0 Å². The van der Waals surface area contributed by atoms with E-state index in [9.17, 15) is 4.79 Å². The minimum absolute atomic E-state index is 0.420. The average Bonchev–Trinajstić information content (AvgIpc) is 2.63. The first-order valence-electron chi connectivity index (χ1n) is 8.96. The topological polar surface area (TPSA) is 53.6 Å². The Kier molecular flexibility index (Phi) is 7.61. The second-order valence-corrected chi connectivity index (χ2v) is 7.45. The van der Waals surface area contributed by atoms with Gasteiger partial charge in [0, 0.05) is 18.8 Å². The summed E-state index contributed by atoms with van der Waals surface area (Å²) >= 11 is 5.59. The van der Waals surface area contributed by atoms with Gasteiger partial charge in [0.05, 0.1) is 6.54 Å². The number of para-hydroxylation sites is 1. The number of benzene rings is 2. The molecule has 2 aromatic rings. The maximum absolute atomic E-state index is 11.7. The number of amides is 1. The first kappa shape index (κ1) is 20.7.